The first-order chi connectivity index (χ1) is 13.7. The van der Waals surface area contributed by atoms with Crippen molar-refractivity contribution in [2.45, 2.75) is 19.9 Å². The molecular formula is C23H22N2O3. The highest BCUT2D eigenvalue weighted by atomic mass is 16.7. The summed E-state index contributed by atoms with van der Waals surface area (Å²) in [5.41, 5.74) is 5.05. The Kier molecular flexibility index (Phi) is 5.15. The van der Waals surface area contributed by atoms with Crippen LogP contribution >= 0.6 is 0 Å². The molecule has 1 aliphatic rings. The van der Waals surface area contributed by atoms with Crippen LogP contribution < -0.4 is 20.1 Å². The van der Waals surface area contributed by atoms with E-state index in [1.807, 2.05) is 73.7 Å². The second-order valence-electron chi connectivity index (χ2n) is 6.77. The fourth-order valence-electron chi connectivity index (χ4n) is 3.11. The van der Waals surface area contributed by atoms with E-state index in [1.54, 1.807) is 0 Å². The molecule has 0 bridgehead atoms. The molecule has 0 spiro atoms. The third-order valence-electron chi connectivity index (χ3n) is 4.71. The van der Waals surface area contributed by atoms with Crippen molar-refractivity contribution in [3.63, 3.8) is 0 Å². The van der Waals surface area contributed by atoms with Gasteiger partial charge in [0.05, 0.1) is 6.42 Å². The van der Waals surface area contributed by atoms with Gasteiger partial charge in [-0.1, -0.05) is 30.3 Å². The zero-order valence-corrected chi connectivity index (χ0v) is 15.7. The Morgan fingerprint density at radius 1 is 0.929 bits per heavy atom. The standard InChI is InChI=1S/C23H22N2O3/c1-16-4-2-3-5-18(16)13-23(26)25-20-9-7-19(8-10-20)24-14-17-6-11-21-22(12-17)28-15-27-21/h2-12,24H,13-15H2,1H3,(H,25,26). The van der Waals surface area contributed by atoms with Gasteiger partial charge in [-0.25, -0.2) is 0 Å². The SMILES string of the molecule is Cc1ccccc1CC(=O)Nc1ccc(NCc2ccc3c(c2)OCO3)cc1. The van der Waals surface area contributed by atoms with Gasteiger partial charge in [-0.15, -0.1) is 0 Å². The van der Waals surface area contributed by atoms with Crippen LogP contribution in [0.15, 0.2) is 66.7 Å². The Bertz CT molecular complexity index is 983. The van der Waals surface area contributed by atoms with E-state index in [0.717, 1.165) is 39.6 Å². The van der Waals surface area contributed by atoms with E-state index < -0.39 is 0 Å². The van der Waals surface area contributed by atoms with Gasteiger partial charge in [0.2, 0.25) is 12.7 Å². The molecule has 0 atom stereocenters. The summed E-state index contributed by atoms with van der Waals surface area (Å²) in [7, 11) is 0. The maximum absolute atomic E-state index is 12.3. The van der Waals surface area contributed by atoms with Crippen molar-refractivity contribution in [3.8, 4) is 11.5 Å². The van der Waals surface area contributed by atoms with Crippen molar-refractivity contribution < 1.29 is 14.3 Å². The molecule has 5 nitrogen and oxygen atoms in total. The van der Waals surface area contributed by atoms with E-state index in [-0.39, 0.29) is 12.7 Å². The number of aryl methyl sites for hydroxylation is 1. The lowest BCUT2D eigenvalue weighted by Crippen LogP contribution is -2.15. The highest BCUT2D eigenvalue weighted by molar-refractivity contribution is 5.92. The zero-order chi connectivity index (χ0) is 19.3. The molecule has 3 aromatic rings. The molecule has 0 saturated carbocycles. The molecule has 0 radical (unpaired) electrons. The molecule has 3 aromatic carbocycles. The Morgan fingerprint density at radius 2 is 1.68 bits per heavy atom. The molecule has 142 valence electrons. The number of carbonyl (C=O) groups excluding carboxylic acids is 1. The van der Waals surface area contributed by atoms with Gasteiger partial charge in [0.25, 0.3) is 0 Å². The molecule has 1 aliphatic heterocycles. The van der Waals surface area contributed by atoms with E-state index in [9.17, 15) is 4.79 Å². The molecular weight excluding hydrogens is 352 g/mol. The summed E-state index contributed by atoms with van der Waals surface area (Å²) >= 11 is 0. The average Bonchev–Trinajstić information content (AvgIpc) is 3.17. The lowest BCUT2D eigenvalue weighted by atomic mass is 10.1. The average molecular weight is 374 g/mol. The number of ether oxygens (including phenoxy) is 2. The number of hydrogen-bond acceptors (Lipinski definition) is 4. The van der Waals surface area contributed by atoms with E-state index in [2.05, 4.69) is 10.6 Å². The molecule has 4 rings (SSSR count). The predicted octanol–water partition coefficient (Wildman–Crippen LogP) is 4.52. The second kappa shape index (κ2) is 8.05. The first kappa shape index (κ1) is 17.9. The van der Waals surface area contributed by atoms with Crippen LogP contribution in [0.25, 0.3) is 0 Å². The largest absolute Gasteiger partial charge is 0.454 e. The van der Waals surface area contributed by atoms with Crippen LogP contribution in [0.4, 0.5) is 11.4 Å². The topological polar surface area (TPSA) is 59.6 Å². The number of rotatable bonds is 6. The van der Waals surface area contributed by atoms with Gasteiger partial charge in [0.15, 0.2) is 11.5 Å². The van der Waals surface area contributed by atoms with Crippen molar-refractivity contribution in [2.24, 2.45) is 0 Å². The number of fused-ring (bicyclic) bond motifs is 1. The number of anilines is 2. The monoisotopic (exact) mass is 374 g/mol. The van der Waals surface area contributed by atoms with Crippen LogP contribution in [-0.4, -0.2) is 12.7 Å². The van der Waals surface area contributed by atoms with Crippen molar-refractivity contribution in [2.75, 3.05) is 17.4 Å². The Balaban J connectivity index is 1.31. The highest BCUT2D eigenvalue weighted by Gasteiger charge is 2.13. The highest BCUT2D eigenvalue weighted by Crippen LogP contribution is 2.32. The van der Waals surface area contributed by atoms with E-state index in [0.29, 0.717) is 13.0 Å². The van der Waals surface area contributed by atoms with Crippen molar-refractivity contribution in [3.05, 3.63) is 83.4 Å². The maximum atomic E-state index is 12.3. The molecule has 0 saturated heterocycles. The fraction of sp³-hybridized carbons (Fsp3) is 0.174. The first-order valence-corrected chi connectivity index (χ1v) is 9.24. The molecule has 1 heterocycles. The van der Waals surface area contributed by atoms with E-state index in [1.165, 1.54) is 0 Å². The summed E-state index contributed by atoms with van der Waals surface area (Å²) < 4.78 is 10.7. The van der Waals surface area contributed by atoms with Gasteiger partial charge in [0, 0.05) is 17.9 Å². The van der Waals surface area contributed by atoms with Crippen LogP contribution in [0, 0.1) is 6.92 Å². The van der Waals surface area contributed by atoms with Gasteiger partial charge in [0.1, 0.15) is 0 Å². The van der Waals surface area contributed by atoms with Crippen molar-refractivity contribution in [1.82, 2.24) is 0 Å². The number of carbonyl (C=O) groups is 1. The molecule has 0 aromatic heterocycles. The van der Waals surface area contributed by atoms with Gasteiger partial charge >= 0.3 is 0 Å². The molecule has 0 aliphatic carbocycles. The summed E-state index contributed by atoms with van der Waals surface area (Å²) in [5, 5.41) is 6.32. The predicted molar refractivity (Wildman–Crippen MR) is 110 cm³/mol. The van der Waals surface area contributed by atoms with Crippen LogP contribution in [0.2, 0.25) is 0 Å². The number of benzene rings is 3. The number of hydrogen-bond donors (Lipinski definition) is 2. The Morgan fingerprint density at radius 3 is 2.50 bits per heavy atom. The summed E-state index contributed by atoms with van der Waals surface area (Å²) in [6.45, 7) is 2.97. The van der Waals surface area contributed by atoms with E-state index >= 15 is 0 Å². The molecule has 28 heavy (non-hydrogen) atoms. The van der Waals surface area contributed by atoms with Gasteiger partial charge in [-0.05, 0) is 60.0 Å². The fourth-order valence-corrected chi connectivity index (χ4v) is 3.11. The number of nitrogens with one attached hydrogen (secondary N) is 2. The van der Waals surface area contributed by atoms with E-state index in [4.69, 9.17) is 9.47 Å². The third-order valence-corrected chi connectivity index (χ3v) is 4.71. The smallest absolute Gasteiger partial charge is 0.231 e. The summed E-state index contributed by atoms with van der Waals surface area (Å²) in [6, 6.07) is 21.6. The lowest BCUT2D eigenvalue weighted by Gasteiger charge is -2.10. The lowest BCUT2D eigenvalue weighted by molar-refractivity contribution is -0.115. The van der Waals surface area contributed by atoms with Crippen molar-refractivity contribution in [1.29, 1.82) is 0 Å². The first-order valence-electron chi connectivity index (χ1n) is 9.24. The number of amides is 1. The quantitative estimate of drug-likeness (QED) is 0.666. The Labute approximate surface area is 164 Å². The van der Waals surface area contributed by atoms with Crippen LogP contribution in [0.3, 0.4) is 0 Å². The molecule has 1 amide bonds. The summed E-state index contributed by atoms with van der Waals surface area (Å²) in [6.07, 6.45) is 0.372. The van der Waals surface area contributed by atoms with Crippen molar-refractivity contribution >= 4 is 17.3 Å². The zero-order valence-electron chi connectivity index (χ0n) is 15.7. The van der Waals surface area contributed by atoms with Crippen LogP contribution in [0.1, 0.15) is 16.7 Å². The van der Waals surface area contributed by atoms with Gasteiger partial charge in [-0.3, -0.25) is 4.79 Å². The normalized spacial score (nSPS) is 11.9. The molecule has 0 fully saturated rings. The minimum Gasteiger partial charge on any atom is -0.454 e. The van der Waals surface area contributed by atoms with Crippen LogP contribution in [-0.2, 0) is 17.8 Å². The molecule has 2 N–H and O–H groups in total. The summed E-state index contributed by atoms with van der Waals surface area (Å²) in [4.78, 5) is 12.3. The molecule has 0 unspecified atom stereocenters. The van der Waals surface area contributed by atoms with Gasteiger partial charge in [-0.2, -0.15) is 0 Å². The molecule has 5 heteroatoms. The van der Waals surface area contributed by atoms with Gasteiger partial charge < -0.3 is 20.1 Å². The minimum absolute atomic E-state index is 0.0182. The maximum Gasteiger partial charge on any atom is 0.231 e. The second-order valence-corrected chi connectivity index (χ2v) is 6.77. The summed E-state index contributed by atoms with van der Waals surface area (Å²) in [5.74, 6) is 1.55. The minimum atomic E-state index is -0.0182. The van der Waals surface area contributed by atoms with Crippen LogP contribution in [0.5, 0.6) is 11.5 Å². The Hall–Kier alpha value is -3.47. The third kappa shape index (κ3) is 4.26.